The topological polar surface area (TPSA) is 0 Å². The molecule has 1 aliphatic rings. The molecule has 1 fully saturated rings. The van der Waals surface area contributed by atoms with E-state index in [-0.39, 0.29) is 0 Å². The summed E-state index contributed by atoms with van der Waals surface area (Å²) >= 11 is 0. The predicted molar refractivity (Wildman–Crippen MR) is 41.1 cm³/mol. The Morgan fingerprint density at radius 2 is 2.00 bits per heavy atom. The molecule has 53 valence electrons. The zero-order valence-corrected chi connectivity index (χ0v) is 6.40. The van der Waals surface area contributed by atoms with Crippen molar-refractivity contribution in [2.45, 2.75) is 39.0 Å². The van der Waals surface area contributed by atoms with Crippen LogP contribution in [0.3, 0.4) is 0 Å². The van der Waals surface area contributed by atoms with Crippen molar-refractivity contribution in [2.75, 3.05) is 0 Å². The fourth-order valence-electron chi connectivity index (χ4n) is 1.82. The highest BCUT2D eigenvalue weighted by Crippen LogP contribution is 2.29. The Morgan fingerprint density at radius 3 is 2.44 bits per heavy atom. The Kier molecular flexibility index (Phi) is 2.56. The molecule has 1 aliphatic carbocycles. The van der Waals surface area contributed by atoms with Crippen LogP contribution in [0.1, 0.15) is 39.0 Å². The van der Waals surface area contributed by atoms with Crippen molar-refractivity contribution in [3.8, 4) is 0 Å². The standard InChI is InChI=1S/C9H17/c1-8(2)7-9-5-3-4-6-9/h8-9H,1,3-7H2,2H3. The van der Waals surface area contributed by atoms with Crippen LogP contribution in [0.4, 0.5) is 0 Å². The predicted octanol–water partition coefficient (Wildman–Crippen LogP) is 3.04. The normalized spacial score (nSPS) is 21.7. The monoisotopic (exact) mass is 125 g/mol. The molecule has 1 saturated carbocycles. The minimum atomic E-state index is 0.674. The van der Waals surface area contributed by atoms with Gasteiger partial charge in [-0.15, -0.1) is 0 Å². The molecule has 0 N–H and O–H groups in total. The fraction of sp³-hybridized carbons (Fsp3) is 0.889. The lowest BCUT2D eigenvalue weighted by molar-refractivity contribution is 0.442. The molecular formula is C9H17. The van der Waals surface area contributed by atoms with Gasteiger partial charge in [0.25, 0.3) is 0 Å². The van der Waals surface area contributed by atoms with E-state index >= 15 is 0 Å². The van der Waals surface area contributed by atoms with Gasteiger partial charge in [-0.1, -0.05) is 39.5 Å². The van der Waals surface area contributed by atoms with Gasteiger partial charge in [-0.3, -0.25) is 0 Å². The quantitative estimate of drug-likeness (QED) is 0.532. The largest absolute Gasteiger partial charge is 0.0625 e. The smallest absolute Gasteiger partial charge is 0.0412 e. The van der Waals surface area contributed by atoms with Gasteiger partial charge in [0.05, 0.1) is 0 Å². The second-order valence-electron chi connectivity index (χ2n) is 3.49. The number of hydrogen-bond acceptors (Lipinski definition) is 0. The summed E-state index contributed by atoms with van der Waals surface area (Å²) in [7, 11) is 0. The summed E-state index contributed by atoms with van der Waals surface area (Å²) in [5.74, 6) is 1.70. The van der Waals surface area contributed by atoms with Crippen molar-refractivity contribution in [2.24, 2.45) is 11.8 Å². The third kappa shape index (κ3) is 2.38. The minimum Gasteiger partial charge on any atom is -0.0625 e. The first-order valence-electron chi connectivity index (χ1n) is 4.12. The Morgan fingerprint density at radius 1 is 1.44 bits per heavy atom. The van der Waals surface area contributed by atoms with Crippen LogP contribution >= 0.6 is 0 Å². The molecule has 0 aromatic heterocycles. The van der Waals surface area contributed by atoms with E-state index in [4.69, 9.17) is 0 Å². The SMILES string of the molecule is [CH2]C(C)CC1CCCC1. The maximum Gasteiger partial charge on any atom is -0.0412 e. The van der Waals surface area contributed by atoms with E-state index in [1.165, 1.54) is 32.1 Å². The second-order valence-corrected chi connectivity index (χ2v) is 3.49. The van der Waals surface area contributed by atoms with E-state index in [1.807, 2.05) is 0 Å². The third-order valence-corrected chi connectivity index (χ3v) is 2.21. The van der Waals surface area contributed by atoms with E-state index in [0.29, 0.717) is 5.92 Å². The lowest BCUT2D eigenvalue weighted by Gasteiger charge is -2.10. The van der Waals surface area contributed by atoms with E-state index in [9.17, 15) is 0 Å². The molecule has 0 amide bonds. The van der Waals surface area contributed by atoms with Crippen molar-refractivity contribution in [3.05, 3.63) is 6.92 Å². The van der Waals surface area contributed by atoms with Gasteiger partial charge in [-0.05, 0) is 18.3 Å². The van der Waals surface area contributed by atoms with Crippen molar-refractivity contribution < 1.29 is 0 Å². The first-order chi connectivity index (χ1) is 4.29. The molecule has 0 spiro atoms. The lowest BCUT2D eigenvalue weighted by atomic mass is 9.96. The maximum absolute atomic E-state index is 4.00. The van der Waals surface area contributed by atoms with E-state index in [1.54, 1.807) is 0 Å². The summed E-state index contributed by atoms with van der Waals surface area (Å²) in [6.45, 7) is 6.22. The van der Waals surface area contributed by atoms with Gasteiger partial charge in [0, 0.05) is 0 Å². The van der Waals surface area contributed by atoms with Crippen LogP contribution in [0.2, 0.25) is 0 Å². The highest BCUT2D eigenvalue weighted by molar-refractivity contribution is 4.70. The van der Waals surface area contributed by atoms with Crippen LogP contribution < -0.4 is 0 Å². The molecule has 1 radical (unpaired) electrons. The van der Waals surface area contributed by atoms with E-state index in [0.717, 1.165) is 5.92 Å². The maximum atomic E-state index is 4.00. The van der Waals surface area contributed by atoms with Gasteiger partial charge in [0.1, 0.15) is 0 Å². The first kappa shape index (κ1) is 7.11. The minimum absolute atomic E-state index is 0.674. The van der Waals surface area contributed by atoms with Crippen molar-refractivity contribution in [3.63, 3.8) is 0 Å². The van der Waals surface area contributed by atoms with Crippen LogP contribution in [0.5, 0.6) is 0 Å². The summed E-state index contributed by atoms with van der Waals surface area (Å²) in [5, 5.41) is 0. The summed E-state index contributed by atoms with van der Waals surface area (Å²) in [6.07, 6.45) is 7.24. The van der Waals surface area contributed by atoms with Crippen molar-refractivity contribution >= 4 is 0 Å². The van der Waals surface area contributed by atoms with Gasteiger partial charge >= 0.3 is 0 Å². The van der Waals surface area contributed by atoms with Crippen molar-refractivity contribution in [1.29, 1.82) is 0 Å². The molecule has 1 atom stereocenters. The van der Waals surface area contributed by atoms with Crippen LogP contribution in [0.15, 0.2) is 0 Å². The van der Waals surface area contributed by atoms with Gasteiger partial charge in [0.15, 0.2) is 0 Å². The van der Waals surface area contributed by atoms with Crippen molar-refractivity contribution in [1.82, 2.24) is 0 Å². The summed E-state index contributed by atoms with van der Waals surface area (Å²) < 4.78 is 0. The van der Waals surface area contributed by atoms with Gasteiger partial charge < -0.3 is 0 Å². The number of hydrogen-bond donors (Lipinski definition) is 0. The zero-order valence-electron chi connectivity index (χ0n) is 6.40. The Bertz CT molecular complexity index is 68.1. The van der Waals surface area contributed by atoms with Crippen LogP contribution in [-0.4, -0.2) is 0 Å². The summed E-state index contributed by atoms with van der Waals surface area (Å²) in [6, 6.07) is 0. The summed E-state index contributed by atoms with van der Waals surface area (Å²) in [5.41, 5.74) is 0. The average Bonchev–Trinajstić information content (AvgIpc) is 2.15. The molecule has 9 heavy (non-hydrogen) atoms. The number of rotatable bonds is 2. The Labute approximate surface area is 58.7 Å². The fourth-order valence-corrected chi connectivity index (χ4v) is 1.82. The lowest BCUT2D eigenvalue weighted by Crippen LogP contribution is -1.98. The van der Waals surface area contributed by atoms with Crippen LogP contribution in [0, 0.1) is 18.8 Å². The third-order valence-electron chi connectivity index (χ3n) is 2.21. The molecule has 1 unspecified atom stereocenters. The highest BCUT2D eigenvalue weighted by atomic mass is 14.2. The summed E-state index contributed by atoms with van der Waals surface area (Å²) in [4.78, 5) is 0. The van der Waals surface area contributed by atoms with E-state index in [2.05, 4.69) is 13.8 Å². The van der Waals surface area contributed by atoms with Gasteiger partial charge in [-0.25, -0.2) is 0 Å². The first-order valence-corrected chi connectivity index (χ1v) is 4.12. The van der Waals surface area contributed by atoms with Gasteiger partial charge in [0.2, 0.25) is 0 Å². The highest BCUT2D eigenvalue weighted by Gasteiger charge is 2.15. The molecule has 0 bridgehead atoms. The zero-order chi connectivity index (χ0) is 6.69. The molecule has 0 heteroatoms. The molecular weight excluding hydrogens is 108 g/mol. The molecule has 0 aromatic rings. The van der Waals surface area contributed by atoms with E-state index < -0.39 is 0 Å². The van der Waals surface area contributed by atoms with Crippen LogP contribution in [-0.2, 0) is 0 Å². The Hall–Kier alpha value is 0. The Balaban J connectivity index is 2.11. The molecule has 1 rings (SSSR count). The molecule has 0 saturated heterocycles. The molecule has 0 aromatic carbocycles. The molecule has 0 aliphatic heterocycles. The molecule has 0 nitrogen and oxygen atoms in total. The van der Waals surface area contributed by atoms with Gasteiger partial charge in [-0.2, -0.15) is 0 Å². The second kappa shape index (κ2) is 3.24. The van der Waals surface area contributed by atoms with Crippen LogP contribution in [0.25, 0.3) is 0 Å². The molecule has 0 heterocycles. The average molecular weight is 125 g/mol.